The highest BCUT2D eigenvalue weighted by molar-refractivity contribution is 7.89. The maximum absolute atomic E-state index is 12.9. The lowest BCUT2D eigenvalue weighted by Gasteiger charge is -2.37. The van der Waals surface area contributed by atoms with E-state index in [1.807, 2.05) is 0 Å². The fourth-order valence-corrected chi connectivity index (χ4v) is 4.93. The van der Waals surface area contributed by atoms with Crippen LogP contribution in [0.15, 0.2) is 29.4 Å². The first-order valence-corrected chi connectivity index (χ1v) is 10.6. The monoisotopic (exact) mass is 420 g/mol. The van der Waals surface area contributed by atoms with E-state index in [9.17, 15) is 26.4 Å². The van der Waals surface area contributed by atoms with E-state index < -0.39 is 22.1 Å². The zero-order valence-electron chi connectivity index (χ0n) is 15.3. The van der Waals surface area contributed by atoms with Gasteiger partial charge in [0.1, 0.15) is 4.90 Å². The number of alkyl halides is 3. The van der Waals surface area contributed by atoms with Gasteiger partial charge in [0.05, 0.1) is 12.5 Å². The number of pyridine rings is 1. The molecule has 2 aliphatic rings. The van der Waals surface area contributed by atoms with Crippen molar-refractivity contribution in [3.63, 3.8) is 0 Å². The van der Waals surface area contributed by atoms with Crippen LogP contribution in [0.25, 0.3) is 0 Å². The molecule has 156 valence electrons. The summed E-state index contributed by atoms with van der Waals surface area (Å²) < 4.78 is 65.2. The topological polar surface area (TPSA) is 73.8 Å². The SMILES string of the molecule is O=C(CN1CCN(S(=O)(=O)c2cccnc2)CC1)N1CCCC(C(F)(F)F)C1. The summed E-state index contributed by atoms with van der Waals surface area (Å²) in [6.45, 7) is 1.18. The van der Waals surface area contributed by atoms with Crippen LogP contribution in [0.5, 0.6) is 0 Å². The van der Waals surface area contributed by atoms with Crippen molar-refractivity contribution in [2.24, 2.45) is 5.92 Å². The van der Waals surface area contributed by atoms with Crippen LogP contribution in [-0.2, 0) is 14.8 Å². The summed E-state index contributed by atoms with van der Waals surface area (Å²) in [5.41, 5.74) is 0. The van der Waals surface area contributed by atoms with Gasteiger partial charge < -0.3 is 4.90 Å². The third-order valence-corrected chi connectivity index (χ3v) is 7.08. The Hall–Kier alpha value is -1.72. The van der Waals surface area contributed by atoms with E-state index in [1.165, 1.54) is 27.7 Å². The molecule has 0 N–H and O–H groups in total. The molecule has 28 heavy (non-hydrogen) atoms. The zero-order valence-corrected chi connectivity index (χ0v) is 16.1. The maximum atomic E-state index is 12.9. The molecule has 3 rings (SSSR count). The zero-order chi connectivity index (χ0) is 20.4. The number of aromatic nitrogens is 1. The number of likely N-dealkylation sites (tertiary alicyclic amines) is 1. The lowest BCUT2D eigenvalue weighted by molar-refractivity contribution is -0.188. The molecule has 0 spiro atoms. The van der Waals surface area contributed by atoms with Crippen LogP contribution in [0.4, 0.5) is 13.2 Å². The maximum Gasteiger partial charge on any atom is 0.393 e. The molecule has 1 unspecified atom stereocenters. The normalized spacial score (nSPS) is 23.0. The molecule has 2 saturated heterocycles. The minimum Gasteiger partial charge on any atom is -0.341 e. The van der Waals surface area contributed by atoms with Gasteiger partial charge in [0, 0.05) is 51.7 Å². The number of amides is 1. The summed E-state index contributed by atoms with van der Waals surface area (Å²) in [6, 6.07) is 3.03. The van der Waals surface area contributed by atoms with Gasteiger partial charge in [-0.25, -0.2) is 8.42 Å². The molecular weight excluding hydrogens is 397 g/mol. The smallest absolute Gasteiger partial charge is 0.341 e. The summed E-state index contributed by atoms with van der Waals surface area (Å²) in [4.78, 5) is 19.4. The molecule has 0 aliphatic carbocycles. The average molecular weight is 420 g/mol. The summed E-state index contributed by atoms with van der Waals surface area (Å²) in [5.74, 6) is -1.80. The highest BCUT2D eigenvalue weighted by Crippen LogP contribution is 2.33. The number of sulfonamides is 1. The second-order valence-electron chi connectivity index (χ2n) is 7.09. The number of carbonyl (C=O) groups excluding carboxylic acids is 1. The Morgan fingerprint density at radius 2 is 1.89 bits per heavy atom. The first-order chi connectivity index (χ1) is 13.2. The van der Waals surface area contributed by atoms with Crippen LogP contribution in [0.2, 0.25) is 0 Å². The van der Waals surface area contributed by atoms with E-state index in [-0.39, 0.29) is 43.4 Å². The van der Waals surface area contributed by atoms with Crippen molar-refractivity contribution < 1.29 is 26.4 Å². The van der Waals surface area contributed by atoms with E-state index in [4.69, 9.17) is 0 Å². The standard InChI is InChI=1S/C17H23F3N4O3S/c18-17(19,20)14-3-2-6-23(12-14)16(25)13-22-7-9-24(10-8-22)28(26,27)15-4-1-5-21-11-15/h1,4-5,11,14H,2-3,6-10,12-13H2. The Bertz CT molecular complexity index is 781. The average Bonchev–Trinajstić information content (AvgIpc) is 2.68. The van der Waals surface area contributed by atoms with Crippen molar-refractivity contribution >= 4 is 15.9 Å². The van der Waals surface area contributed by atoms with E-state index in [1.54, 1.807) is 11.0 Å². The van der Waals surface area contributed by atoms with Gasteiger partial charge in [-0.3, -0.25) is 14.7 Å². The third-order valence-electron chi connectivity index (χ3n) is 5.20. The second-order valence-corrected chi connectivity index (χ2v) is 9.03. The Morgan fingerprint density at radius 3 is 2.50 bits per heavy atom. The molecule has 1 aromatic rings. The van der Waals surface area contributed by atoms with Crippen molar-refractivity contribution in [1.82, 2.24) is 19.1 Å². The van der Waals surface area contributed by atoms with Gasteiger partial charge in [-0.05, 0) is 25.0 Å². The number of carbonyl (C=O) groups is 1. The Morgan fingerprint density at radius 1 is 1.18 bits per heavy atom. The summed E-state index contributed by atoms with van der Waals surface area (Å²) in [6.07, 6.45) is -1.11. The van der Waals surface area contributed by atoms with Crippen LogP contribution >= 0.6 is 0 Å². The van der Waals surface area contributed by atoms with Gasteiger partial charge in [0.25, 0.3) is 0 Å². The molecule has 2 fully saturated rings. The number of piperazine rings is 1. The Labute approximate surface area is 162 Å². The van der Waals surface area contributed by atoms with Crippen LogP contribution in [0.3, 0.4) is 0 Å². The molecule has 3 heterocycles. The molecule has 0 bridgehead atoms. The van der Waals surface area contributed by atoms with Gasteiger partial charge in [-0.15, -0.1) is 0 Å². The lowest BCUT2D eigenvalue weighted by atomic mass is 9.97. The van der Waals surface area contributed by atoms with Crippen molar-refractivity contribution in [2.45, 2.75) is 23.9 Å². The number of hydrogen-bond acceptors (Lipinski definition) is 5. The van der Waals surface area contributed by atoms with Crippen LogP contribution < -0.4 is 0 Å². The van der Waals surface area contributed by atoms with Crippen LogP contribution in [0.1, 0.15) is 12.8 Å². The first kappa shape index (κ1) is 21.0. The molecule has 2 aliphatic heterocycles. The first-order valence-electron chi connectivity index (χ1n) is 9.15. The van der Waals surface area contributed by atoms with Crippen molar-refractivity contribution in [3.8, 4) is 0 Å². The van der Waals surface area contributed by atoms with Crippen molar-refractivity contribution in [1.29, 1.82) is 0 Å². The van der Waals surface area contributed by atoms with E-state index >= 15 is 0 Å². The second kappa shape index (κ2) is 8.34. The Kier molecular flexibility index (Phi) is 6.25. The van der Waals surface area contributed by atoms with Crippen LogP contribution in [0, 0.1) is 5.92 Å². The molecule has 0 saturated carbocycles. The van der Waals surface area contributed by atoms with Gasteiger partial charge in [0.2, 0.25) is 15.9 Å². The highest BCUT2D eigenvalue weighted by Gasteiger charge is 2.42. The molecule has 11 heteroatoms. The molecule has 1 amide bonds. The Balaban J connectivity index is 1.52. The third kappa shape index (κ3) is 4.81. The number of nitrogens with zero attached hydrogens (tertiary/aromatic N) is 4. The molecule has 0 aromatic carbocycles. The quantitative estimate of drug-likeness (QED) is 0.732. The molecule has 1 atom stereocenters. The fraction of sp³-hybridized carbons (Fsp3) is 0.647. The van der Waals surface area contributed by atoms with Crippen LogP contribution in [-0.4, -0.2) is 85.4 Å². The summed E-state index contributed by atoms with van der Waals surface area (Å²) >= 11 is 0. The summed E-state index contributed by atoms with van der Waals surface area (Å²) in [7, 11) is -3.63. The number of halogens is 3. The van der Waals surface area contributed by atoms with E-state index in [2.05, 4.69) is 4.98 Å². The molecule has 1 aromatic heterocycles. The van der Waals surface area contributed by atoms with Gasteiger partial charge in [-0.1, -0.05) is 0 Å². The minimum absolute atomic E-state index is 0.00531. The molecule has 7 nitrogen and oxygen atoms in total. The molecule has 0 radical (unpaired) electrons. The van der Waals surface area contributed by atoms with Gasteiger partial charge in [0.15, 0.2) is 0 Å². The molecular formula is C17H23F3N4O3S. The fourth-order valence-electron chi connectivity index (χ4n) is 3.54. The van der Waals surface area contributed by atoms with E-state index in [0.29, 0.717) is 26.1 Å². The van der Waals surface area contributed by atoms with Crippen molar-refractivity contribution in [2.75, 3.05) is 45.8 Å². The number of piperidine rings is 1. The number of hydrogen-bond donors (Lipinski definition) is 0. The summed E-state index contributed by atoms with van der Waals surface area (Å²) in [5, 5.41) is 0. The lowest BCUT2D eigenvalue weighted by Crippen LogP contribution is -2.53. The van der Waals surface area contributed by atoms with Crippen molar-refractivity contribution in [3.05, 3.63) is 24.5 Å². The minimum atomic E-state index is -4.29. The highest BCUT2D eigenvalue weighted by atomic mass is 32.2. The number of rotatable bonds is 4. The van der Waals surface area contributed by atoms with Gasteiger partial charge in [-0.2, -0.15) is 17.5 Å². The predicted molar refractivity (Wildman–Crippen MR) is 94.8 cm³/mol. The largest absolute Gasteiger partial charge is 0.393 e. The van der Waals surface area contributed by atoms with Gasteiger partial charge >= 0.3 is 6.18 Å². The predicted octanol–water partition coefficient (Wildman–Crippen LogP) is 1.19. The van der Waals surface area contributed by atoms with E-state index in [0.717, 1.165) is 0 Å².